The predicted octanol–water partition coefficient (Wildman–Crippen LogP) is 3.39. The van der Waals surface area contributed by atoms with Gasteiger partial charge in [0, 0.05) is 5.56 Å². The third-order valence-electron chi connectivity index (χ3n) is 3.23. The quantitative estimate of drug-likeness (QED) is 0.635. The Bertz CT molecular complexity index is 971. The van der Waals surface area contributed by atoms with Crippen LogP contribution in [0, 0.1) is 0 Å². The van der Waals surface area contributed by atoms with Gasteiger partial charge in [-0.3, -0.25) is 15.4 Å². The van der Waals surface area contributed by atoms with E-state index in [9.17, 15) is 4.79 Å². The van der Waals surface area contributed by atoms with E-state index in [0.717, 1.165) is 0 Å². The molecule has 0 unspecified atom stereocenters. The Kier molecular flexibility index (Phi) is 5.50. The summed E-state index contributed by atoms with van der Waals surface area (Å²) in [5.41, 5.74) is 0.583. The van der Waals surface area contributed by atoms with Gasteiger partial charge in [-0.1, -0.05) is 34.4 Å². The lowest BCUT2D eigenvalue weighted by molar-refractivity contribution is 0.0951. The number of anilines is 1. The maximum atomic E-state index is 12.3. The number of nitrogens with one attached hydrogen (secondary N) is 2. The molecule has 2 N–H and O–H groups in total. The van der Waals surface area contributed by atoms with E-state index in [-0.39, 0.29) is 16.8 Å². The number of amides is 1. The van der Waals surface area contributed by atoms with Crippen molar-refractivity contribution in [3.63, 3.8) is 0 Å². The van der Waals surface area contributed by atoms with Gasteiger partial charge < -0.3 is 4.42 Å². The molecule has 0 atom stereocenters. The molecule has 0 bridgehead atoms. The molecule has 0 saturated heterocycles. The molecule has 0 aliphatic carbocycles. The van der Waals surface area contributed by atoms with Crippen molar-refractivity contribution in [2.24, 2.45) is 0 Å². The van der Waals surface area contributed by atoms with Crippen LogP contribution >= 0.6 is 35.4 Å². The zero-order valence-electron chi connectivity index (χ0n) is 13.4. The Morgan fingerprint density at radius 1 is 1.31 bits per heavy atom. The average molecular weight is 411 g/mol. The summed E-state index contributed by atoms with van der Waals surface area (Å²) >= 11 is 17.2. The summed E-state index contributed by atoms with van der Waals surface area (Å²) in [5.74, 6) is 0.122. The van der Waals surface area contributed by atoms with Crippen LogP contribution in [-0.4, -0.2) is 31.2 Å². The monoisotopic (exact) mass is 410 g/mol. The Labute approximate surface area is 163 Å². The molecule has 2 heterocycles. The highest BCUT2D eigenvalue weighted by molar-refractivity contribution is 7.80. The maximum absolute atomic E-state index is 12.3. The smallest absolute Gasteiger partial charge is 0.293 e. The molecule has 11 heteroatoms. The van der Waals surface area contributed by atoms with E-state index in [1.807, 2.05) is 6.92 Å². The SMILES string of the molecule is CCn1nnc(NC(=S)NC(=O)c2ccc(-c3cccc(Cl)c3Cl)o2)n1. The highest BCUT2D eigenvalue weighted by atomic mass is 35.5. The van der Waals surface area contributed by atoms with Crippen molar-refractivity contribution in [3.8, 4) is 11.3 Å². The fourth-order valence-electron chi connectivity index (χ4n) is 2.02. The molecule has 0 spiro atoms. The largest absolute Gasteiger partial charge is 0.451 e. The number of aryl methyl sites for hydroxylation is 1. The maximum Gasteiger partial charge on any atom is 0.293 e. The minimum atomic E-state index is -0.533. The number of hydrogen-bond acceptors (Lipinski definition) is 6. The number of tetrazole rings is 1. The second-order valence-corrected chi connectivity index (χ2v) is 6.17. The molecule has 0 aliphatic heterocycles. The summed E-state index contributed by atoms with van der Waals surface area (Å²) in [6.45, 7) is 2.43. The number of thiocarbonyl (C=S) groups is 1. The first-order valence-corrected chi connectivity index (χ1v) is 8.58. The number of furan rings is 1. The van der Waals surface area contributed by atoms with Crippen molar-refractivity contribution in [1.29, 1.82) is 0 Å². The summed E-state index contributed by atoms with van der Waals surface area (Å²) in [6.07, 6.45) is 0. The summed E-state index contributed by atoms with van der Waals surface area (Å²) < 4.78 is 5.55. The van der Waals surface area contributed by atoms with Crippen LogP contribution in [0.2, 0.25) is 10.0 Å². The standard InChI is InChI=1S/C15H12Cl2N6O2S/c1-2-23-21-14(20-22-23)19-15(26)18-13(24)11-7-6-10(25-11)8-4-3-5-9(16)12(8)17/h3-7H,2H2,1H3,(H2,18,19,21,24,26). The van der Waals surface area contributed by atoms with Gasteiger partial charge in [-0.2, -0.15) is 4.80 Å². The van der Waals surface area contributed by atoms with Gasteiger partial charge in [-0.25, -0.2) is 0 Å². The first-order valence-electron chi connectivity index (χ1n) is 7.42. The molecule has 8 nitrogen and oxygen atoms in total. The fraction of sp³-hybridized carbons (Fsp3) is 0.133. The fourth-order valence-corrected chi connectivity index (χ4v) is 2.60. The molecular weight excluding hydrogens is 399 g/mol. The van der Waals surface area contributed by atoms with E-state index < -0.39 is 5.91 Å². The number of hydrogen-bond donors (Lipinski definition) is 2. The van der Waals surface area contributed by atoms with Crippen LogP contribution < -0.4 is 10.6 Å². The van der Waals surface area contributed by atoms with Crippen LogP contribution in [0.5, 0.6) is 0 Å². The van der Waals surface area contributed by atoms with Crippen molar-refractivity contribution >= 4 is 52.4 Å². The third-order valence-corrected chi connectivity index (χ3v) is 4.26. The molecule has 0 radical (unpaired) electrons. The van der Waals surface area contributed by atoms with Gasteiger partial charge in [0.1, 0.15) is 5.76 Å². The van der Waals surface area contributed by atoms with Gasteiger partial charge in [0.2, 0.25) is 0 Å². The highest BCUT2D eigenvalue weighted by Gasteiger charge is 2.16. The Morgan fingerprint density at radius 3 is 2.85 bits per heavy atom. The minimum absolute atomic E-state index is 0.0180. The number of carbonyl (C=O) groups excluding carboxylic acids is 1. The summed E-state index contributed by atoms with van der Waals surface area (Å²) in [5, 5.41) is 17.4. The summed E-state index contributed by atoms with van der Waals surface area (Å²) in [6, 6.07) is 8.27. The molecule has 1 aromatic carbocycles. The lowest BCUT2D eigenvalue weighted by atomic mass is 10.2. The number of benzene rings is 1. The number of halogens is 2. The van der Waals surface area contributed by atoms with Gasteiger partial charge >= 0.3 is 0 Å². The van der Waals surface area contributed by atoms with Crippen molar-refractivity contribution in [3.05, 3.63) is 46.1 Å². The first-order chi connectivity index (χ1) is 12.5. The molecule has 3 rings (SSSR count). The zero-order valence-corrected chi connectivity index (χ0v) is 15.7. The van der Waals surface area contributed by atoms with E-state index in [0.29, 0.717) is 27.9 Å². The molecule has 1 amide bonds. The van der Waals surface area contributed by atoms with Gasteiger partial charge in [0.05, 0.1) is 16.6 Å². The Morgan fingerprint density at radius 2 is 2.12 bits per heavy atom. The van der Waals surface area contributed by atoms with Gasteiger partial charge in [0.15, 0.2) is 10.9 Å². The van der Waals surface area contributed by atoms with E-state index in [1.54, 1.807) is 24.3 Å². The van der Waals surface area contributed by atoms with Crippen molar-refractivity contribution in [1.82, 2.24) is 25.5 Å². The lowest BCUT2D eigenvalue weighted by Crippen LogP contribution is -2.34. The third kappa shape index (κ3) is 4.01. The van der Waals surface area contributed by atoms with Gasteiger partial charge in [-0.15, -0.1) is 5.10 Å². The van der Waals surface area contributed by atoms with Crippen LogP contribution in [0.4, 0.5) is 5.95 Å². The molecule has 0 saturated carbocycles. The Balaban J connectivity index is 1.68. The molecule has 134 valence electrons. The number of aromatic nitrogens is 4. The molecule has 26 heavy (non-hydrogen) atoms. The molecule has 0 fully saturated rings. The second-order valence-electron chi connectivity index (χ2n) is 4.98. The predicted molar refractivity (Wildman–Crippen MR) is 101 cm³/mol. The van der Waals surface area contributed by atoms with E-state index in [4.69, 9.17) is 39.8 Å². The van der Waals surface area contributed by atoms with E-state index >= 15 is 0 Å². The van der Waals surface area contributed by atoms with Crippen LogP contribution in [-0.2, 0) is 6.54 Å². The van der Waals surface area contributed by atoms with Crippen LogP contribution in [0.15, 0.2) is 34.7 Å². The van der Waals surface area contributed by atoms with Gasteiger partial charge in [0.25, 0.3) is 11.9 Å². The Hall–Kier alpha value is -2.49. The van der Waals surface area contributed by atoms with Gasteiger partial charge in [-0.05, 0) is 48.6 Å². The normalized spacial score (nSPS) is 10.6. The van der Waals surface area contributed by atoms with Crippen molar-refractivity contribution in [2.45, 2.75) is 13.5 Å². The molecule has 0 aliphatic rings. The van der Waals surface area contributed by atoms with Crippen LogP contribution in [0.3, 0.4) is 0 Å². The second kappa shape index (κ2) is 7.81. The minimum Gasteiger partial charge on any atom is -0.451 e. The molecule has 3 aromatic rings. The van der Waals surface area contributed by atoms with E-state index in [1.165, 1.54) is 10.9 Å². The zero-order chi connectivity index (χ0) is 18.7. The lowest BCUT2D eigenvalue weighted by Gasteiger charge is -2.05. The summed E-state index contributed by atoms with van der Waals surface area (Å²) in [7, 11) is 0. The number of nitrogens with zero attached hydrogens (tertiary/aromatic N) is 4. The topological polar surface area (TPSA) is 97.9 Å². The van der Waals surface area contributed by atoms with Crippen molar-refractivity contribution in [2.75, 3.05) is 5.32 Å². The highest BCUT2D eigenvalue weighted by Crippen LogP contribution is 2.34. The first kappa shape index (κ1) is 18.3. The average Bonchev–Trinajstić information content (AvgIpc) is 3.26. The number of carbonyl (C=O) groups is 1. The number of rotatable bonds is 4. The van der Waals surface area contributed by atoms with Crippen molar-refractivity contribution < 1.29 is 9.21 Å². The van der Waals surface area contributed by atoms with Crippen LogP contribution in [0.1, 0.15) is 17.5 Å². The molecular formula is C15H12Cl2N6O2S. The van der Waals surface area contributed by atoms with E-state index in [2.05, 4.69) is 26.0 Å². The molecule has 2 aromatic heterocycles. The summed E-state index contributed by atoms with van der Waals surface area (Å²) in [4.78, 5) is 13.6. The van der Waals surface area contributed by atoms with Crippen LogP contribution in [0.25, 0.3) is 11.3 Å².